The average molecular weight is 375 g/mol. The number of carbonyl (C=O) groups excluding carboxylic acids is 1. The second-order valence-electron chi connectivity index (χ2n) is 5.41. The van der Waals surface area contributed by atoms with Crippen molar-refractivity contribution in [3.05, 3.63) is 57.1 Å². The highest BCUT2D eigenvalue weighted by molar-refractivity contribution is 7.71. The Bertz CT molecular complexity index is 927. The number of ether oxygens (including phenoxy) is 1. The summed E-state index contributed by atoms with van der Waals surface area (Å²) in [4.78, 5) is 16.7. The van der Waals surface area contributed by atoms with Crippen molar-refractivity contribution in [2.45, 2.75) is 13.0 Å². The van der Waals surface area contributed by atoms with Crippen LogP contribution < -0.4 is 5.32 Å². The lowest BCUT2D eigenvalue weighted by Gasteiger charge is -2.03. The molecule has 0 fully saturated rings. The molecular weight excluding hydrogens is 358 g/mol. The van der Waals surface area contributed by atoms with Crippen LogP contribution in [0.5, 0.6) is 0 Å². The summed E-state index contributed by atoms with van der Waals surface area (Å²) >= 11 is 6.47. The Morgan fingerprint density at radius 3 is 2.80 bits per heavy atom. The van der Waals surface area contributed by atoms with Gasteiger partial charge in [0.25, 0.3) is 5.91 Å². The summed E-state index contributed by atoms with van der Waals surface area (Å²) < 4.78 is 7.43. The van der Waals surface area contributed by atoms with Gasteiger partial charge < -0.3 is 9.30 Å². The monoisotopic (exact) mass is 375 g/mol. The molecule has 0 aliphatic carbocycles. The van der Waals surface area contributed by atoms with E-state index < -0.39 is 0 Å². The van der Waals surface area contributed by atoms with Crippen LogP contribution in [0.1, 0.15) is 27.4 Å². The van der Waals surface area contributed by atoms with Crippen LogP contribution in [0.2, 0.25) is 0 Å². The number of nitrogens with zero attached hydrogens (tertiary/aromatic N) is 3. The van der Waals surface area contributed by atoms with Gasteiger partial charge in [-0.1, -0.05) is 12.1 Å². The molecule has 2 aromatic heterocycles. The van der Waals surface area contributed by atoms with Crippen LogP contribution in [0.3, 0.4) is 0 Å². The summed E-state index contributed by atoms with van der Waals surface area (Å²) in [5.74, 6) is 0.602. The van der Waals surface area contributed by atoms with E-state index in [1.165, 1.54) is 11.3 Å². The molecule has 0 spiro atoms. The van der Waals surface area contributed by atoms with Gasteiger partial charge in [-0.05, 0) is 29.9 Å². The highest BCUT2D eigenvalue weighted by Gasteiger charge is 2.11. The third-order valence-electron chi connectivity index (χ3n) is 3.61. The number of amides is 1. The third-order valence-corrected chi connectivity index (χ3v) is 4.78. The number of thiazole rings is 1. The zero-order chi connectivity index (χ0) is 17.8. The second-order valence-corrected chi connectivity index (χ2v) is 6.65. The van der Waals surface area contributed by atoms with Crippen molar-refractivity contribution in [2.24, 2.45) is 7.05 Å². The fourth-order valence-corrected chi connectivity index (χ4v) is 3.09. The molecule has 9 heteroatoms. The van der Waals surface area contributed by atoms with Crippen molar-refractivity contribution < 1.29 is 9.53 Å². The van der Waals surface area contributed by atoms with Crippen LogP contribution in [-0.2, 0) is 24.8 Å². The molecule has 3 aromatic rings. The first kappa shape index (κ1) is 17.5. The zero-order valence-electron chi connectivity index (χ0n) is 13.8. The molecule has 1 amide bonds. The van der Waals surface area contributed by atoms with Gasteiger partial charge in [0, 0.05) is 25.1 Å². The maximum atomic E-state index is 12.3. The Morgan fingerprint density at radius 1 is 1.40 bits per heavy atom. The van der Waals surface area contributed by atoms with Gasteiger partial charge in [0.15, 0.2) is 9.90 Å². The lowest BCUT2D eigenvalue weighted by Crippen LogP contribution is -2.11. The van der Waals surface area contributed by atoms with E-state index in [9.17, 15) is 4.79 Å². The van der Waals surface area contributed by atoms with Gasteiger partial charge in [-0.25, -0.2) is 4.98 Å². The first-order chi connectivity index (χ1) is 12.1. The van der Waals surface area contributed by atoms with E-state index in [1.54, 1.807) is 23.8 Å². The fraction of sp³-hybridized carbons (Fsp3) is 0.250. The number of aromatic nitrogens is 4. The van der Waals surface area contributed by atoms with Crippen molar-refractivity contribution in [2.75, 3.05) is 12.4 Å². The molecule has 2 N–H and O–H groups in total. The lowest BCUT2D eigenvalue weighted by molar-refractivity contribution is 0.102. The van der Waals surface area contributed by atoms with E-state index >= 15 is 0 Å². The second kappa shape index (κ2) is 7.68. The molecule has 1 aromatic carbocycles. The average Bonchev–Trinajstić information content (AvgIpc) is 3.17. The Balaban J connectivity index is 1.65. The largest absolute Gasteiger partial charge is 0.380 e. The van der Waals surface area contributed by atoms with Crippen LogP contribution in [0, 0.1) is 4.77 Å². The number of carbonyl (C=O) groups is 1. The molecule has 0 saturated carbocycles. The first-order valence-electron chi connectivity index (χ1n) is 7.50. The van der Waals surface area contributed by atoms with E-state index in [0.717, 1.165) is 17.1 Å². The van der Waals surface area contributed by atoms with Crippen LogP contribution in [0.4, 0.5) is 5.13 Å². The highest BCUT2D eigenvalue weighted by atomic mass is 32.1. The number of hydrogen-bond acceptors (Lipinski definition) is 6. The standard InChI is InChI=1S/C16H17N5O2S2/c1-21-13(19-20-16(21)24)7-12-9-25-15(17-12)18-14(22)11-5-3-10(4-6-11)8-23-2/h3-6,9H,7-8H2,1-2H3,(H,20,24)(H,17,18,22). The summed E-state index contributed by atoms with van der Waals surface area (Å²) in [6, 6.07) is 7.28. The molecule has 0 bridgehead atoms. The maximum absolute atomic E-state index is 12.3. The van der Waals surface area contributed by atoms with Crippen LogP contribution >= 0.6 is 23.6 Å². The number of methoxy groups -OCH3 is 1. The molecule has 130 valence electrons. The third kappa shape index (κ3) is 4.19. The molecule has 2 heterocycles. The van der Waals surface area contributed by atoms with Crippen molar-refractivity contribution in [3.8, 4) is 0 Å². The van der Waals surface area contributed by atoms with Gasteiger partial charge in [0.2, 0.25) is 0 Å². The summed E-state index contributed by atoms with van der Waals surface area (Å²) in [6.07, 6.45) is 0.543. The minimum atomic E-state index is -0.192. The summed E-state index contributed by atoms with van der Waals surface area (Å²) in [6.45, 7) is 0.522. The van der Waals surface area contributed by atoms with Gasteiger partial charge in [-0.15, -0.1) is 11.3 Å². The number of benzene rings is 1. The fourth-order valence-electron chi connectivity index (χ4n) is 2.23. The topological polar surface area (TPSA) is 84.8 Å². The SMILES string of the molecule is COCc1ccc(C(=O)Nc2nc(Cc3n[nH]c(=S)n3C)cs2)cc1. The lowest BCUT2D eigenvalue weighted by atomic mass is 10.1. The predicted molar refractivity (Wildman–Crippen MR) is 98.4 cm³/mol. The van der Waals surface area contributed by atoms with E-state index in [4.69, 9.17) is 17.0 Å². The van der Waals surface area contributed by atoms with Crippen LogP contribution in [0.15, 0.2) is 29.6 Å². The molecule has 0 unspecified atom stereocenters. The van der Waals surface area contributed by atoms with Gasteiger partial charge in [-0.2, -0.15) is 5.10 Å². The van der Waals surface area contributed by atoms with Crippen molar-refractivity contribution in [3.63, 3.8) is 0 Å². The number of hydrogen-bond donors (Lipinski definition) is 2. The number of rotatable bonds is 6. The number of nitrogens with one attached hydrogen (secondary N) is 2. The minimum absolute atomic E-state index is 0.192. The number of H-pyrrole nitrogens is 1. The molecular formula is C16H17N5O2S2. The quantitative estimate of drug-likeness (QED) is 0.647. The molecule has 25 heavy (non-hydrogen) atoms. The van der Waals surface area contributed by atoms with E-state index in [1.807, 2.05) is 24.6 Å². The Kier molecular flexibility index (Phi) is 5.37. The molecule has 0 aliphatic heterocycles. The Morgan fingerprint density at radius 2 is 2.16 bits per heavy atom. The van der Waals surface area contributed by atoms with E-state index in [2.05, 4.69) is 20.5 Å². The zero-order valence-corrected chi connectivity index (χ0v) is 15.4. The van der Waals surface area contributed by atoms with Crippen LogP contribution in [-0.4, -0.2) is 32.8 Å². The predicted octanol–water partition coefficient (Wildman–Crippen LogP) is 2.92. The van der Waals surface area contributed by atoms with Gasteiger partial charge in [0.05, 0.1) is 18.7 Å². The normalized spacial score (nSPS) is 10.8. The molecule has 7 nitrogen and oxygen atoms in total. The molecule has 0 aliphatic rings. The smallest absolute Gasteiger partial charge is 0.257 e. The van der Waals surface area contributed by atoms with Gasteiger partial charge in [0.1, 0.15) is 5.82 Å². The van der Waals surface area contributed by atoms with Gasteiger partial charge in [-0.3, -0.25) is 15.2 Å². The molecule has 0 radical (unpaired) electrons. The van der Waals surface area contributed by atoms with E-state index in [-0.39, 0.29) is 5.91 Å². The van der Waals surface area contributed by atoms with Crippen molar-refractivity contribution in [1.82, 2.24) is 19.7 Å². The summed E-state index contributed by atoms with van der Waals surface area (Å²) in [5.41, 5.74) is 2.42. The first-order valence-corrected chi connectivity index (χ1v) is 8.79. The van der Waals surface area contributed by atoms with Gasteiger partial charge >= 0.3 is 0 Å². The van der Waals surface area contributed by atoms with Crippen LogP contribution in [0.25, 0.3) is 0 Å². The van der Waals surface area contributed by atoms with Crippen molar-refractivity contribution >= 4 is 34.6 Å². The molecule has 0 saturated heterocycles. The Labute approximate surface area is 153 Å². The summed E-state index contributed by atoms with van der Waals surface area (Å²) in [7, 11) is 3.49. The van der Waals surface area contributed by atoms with Crippen molar-refractivity contribution in [1.29, 1.82) is 0 Å². The maximum Gasteiger partial charge on any atom is 0.257 e. The number of aromatic amines is 1. The van der Waals surface area contributed by atoms with E-state index in [0.29, 0.717) is 28.5 Å². The highest BCUT2D eigenvalue weighted by Crippen LogP contribution is 2.18. The summed E-state index contributed by atoms with van der Waals surface area (Å²) in [5, 5.41) is 12.2. The Hall–Kier alpha value is -2.36. The number of anilines is 1. The molecule has 3 rings (SSSR count). The molecule has 0 atom stereocenters. The minimum Gasteiger partial charge on any atom is -0.380 e.